The van der Waals surface area contributed by atoms with Gasteiger partial charge in [-0.1, -0.05) is 6.07 Å². The maximum absolute atomic E-state index is 12.5. The van der Waals surface area contributed by atoms with Crippen LogP contribution in [0.2, 0.25) is 0 Å². The zero-order chi connectivity index (χ0) is 17.8. The minimum absolute atomic E-state index is 0.0543. The second-order valence-electron chi connectivity index (χ2n) is 6.55. The van der Waals surface area contributed by atoms with Crippen molar-refractivity contribution in [2.24, 2.45) is 0 Å². The molecule has 1 aromatic heterocycles. The molecule has 0 bridgehead atoms. The van der Waals surface area contributed by atoms with Crippen LogP contribution in [0.4, 0.5) is 10.5 Å². The van der Waals surface area contributed by atoms with Crippen molar-refractivity contribution in [3.05, 3.63) is 47.4 Å². The molecular weight excluding hydrogens is 316 g/mol. The fraction of sp³-hybridized carbons (Fsp3) is 0.421. The molecule has 25 heavy (non-hydrogen) atoms. The van der Waals surface area contributed by atoms with Crippen LogP contribution in [0.1, 0.15) is 29.8 Å². The van der Waals surface area contributed by atoms with Crippen molar-refractivity contribution in [3.8, 4) is 5.88 Å². The highest BCUT2D eigenvalue weighted by molar-refractivity contribution is 5.89. The number of urea groups is 1. The summed E-state index contributed by atoms with van der Waals surface area (Å²) < 4.78 is 5.90. The van der Waals surface area contributed by atoms with Crippen molar-refractivity contribution in [2.45, 2.75) is 39.7 Å². The Labute approximate surface area is 148 Å². The van der Waals surface area contributed by atoms with Crippen LogP contribution in [0.3, 0.4) is 0 Å². The molecule has 6 heteroatoms. The zero-order valence-corrected chi connectivity index (χ0v) is 15.0. The number of piperidine rings is 1. The molecule has 0 spiro atoms. The van der Waals surface area contributed by atoms with Gasteiger partial charge in [-0.05, 0) is 44.0 Å². The lowest BCUT2D eigenvalue weighted by molar-refractivity contribution is 0.111. The van der Waals surface area contributed by atoms with Gasteiger partial charge in [0, 0.05) is 43.9 Å². The number of aryl methyl sites for hydroxylation is 3. The topological polar surface area (TPSA) is 67.4 Å². The summed E-state index contributed by atoms with van der Waals surface area (Å²) in [6.45, 7) is 7.24. The second-order valence-corrected chi connectivity index (χ2v) is 6.55. The van der Waals surface area contributed by atoms with Crippen molar-refractivity contribution in [1.29, 1.82) is 0 Å². The number of carbonyl (C=O) groups excluding carboxylic acids is 1. The van der Waals surface area contributed by atoms with E-state index in [1.54, 1.807) is 12.3 Å². The maximum Gasteiger partial charge on any atom is 0.321 e. The molecule has 6 nitrogen and oxygen atoms in total. The molecule has 132 valence electrons. The van der Waals surface area contributed by atoms with Crippen molar-refractivity contribution in [2.75, 3.05) is 18.4 Å². The summed E-state index contributed by atoms with van der Waals surface area (Å²) in [5.74, 6) is 1.30. The van der Waals surface area contributed by atoms with E-state index in [0.29, 0.717) is 24.8 Å². The highest BCUT2D eigenvalue weighted by Gasteiger charge is 2.24. The quantitative estimate of drug-likeness (QED) is 0.929. The molecule has 1 saturated heterocycles. The Bertz CT molecular complexity index is 735. The molecule has 2 amide bonds. The number of hydrogen-bond acceptors (Lipinski definition) is 4. The van der Waals surface area contributed by atoms with Crippen LogP contribution in [0.5, 0.6) is 5.88 Å². The van der Waals surface area contributed by atoms with Gasteiger partial charge in [0.2, 0.25) is 5.88 Å². The number of ether oxygens (including phenoxy) is 1. The van der Waals surface area contributed by atoms with Crippen molar-refractivity contribution in [1.82, 2.24) is 14.9 Å². The number of nitrogens with zero attached hydrogens (tertiary/aromatic N) is 3. The van der Waals surface area contributed by atoms with Crippen LogP contribution >= 0.6 is 0 Å². The first-order chi connectivity index (χ1) is 12.0. The lowest BCUT2D eigenvalue weighted by Crippen LogP contribution is -2.43. The van der Waals surface area contributed by atoms with Gasteiger partial charge < -0.3 is 15.0 Å². The molecule has 0 radical (unpaired) electrons. The summed E-state index contributed by atoms with van der Waals surface area (Å²) in [7, 11) is 0. The van der Waals surface area contributed by atoms with Gasteiger partial charge in [0.15, 0.2) is 0 Å². The summed E-state index contributed by atoms with van der Waals surface area (Å²) in [4.78, 5) is 22.6. The van der Waals surface area contributed by atoms with E-state index in [0.717, 1.165) is 29.7 Å². The van der Waals surface area contributed by atoms with E-state index in [1.807, 2.05) is 37.8 Å². The fourth-order valence-corrected chi connectivity index (χ4v) is 3.10. The lowest BCUT2D eigenvalue weighted by atomic mass is 10.1. The number of aromatic nitrogens is 2. The summed E-state index contributed by atoms with van der Waals surface area (Å²) >= 11 is 0. The molecule has 1 aromatic carbocycles. The maximum atomic E-state index is 12.5. The van der Waals surface area contributed by atoms with Gasteiger partial charge >= 0.3 is 6.03 Å². The Morgan fingerprint density at radius 1 is 1.16 bits per heavy atom. The molecule has 0 atom stereocenters. The molecule has 1 fully saturated rings. The average Bonchev–Trinajstić information content (AvgIpc) is 2.54. The normalized spacial score (nSPS) is 15.1. The van der Waals surface area contributed by atoms with E-state index >= 15 is 0 Å². The first-order valence-electron chi connectivity index (χ1n) is 8.60. The smallest absolute Gasteiger partial charge is 0.321 e. The average molecular weight is 340 g/mol. The van der Waals surface area contributed by atoms with Crippen molar-refractivity contribution >= 4 is 11.7 Å². The van der Waals surface area contributed by atoms with E-state index in [9.17, 15) is 4.79 Å². The SMILES string of the molecule is Cc1cc(C)cc(NC(=O)N2CCC(Oc3ccnc(C)n3)CC2)c1. The molecule has 3 rings (SSSR count). The summed E-state index contributed by atoms with van der Waals surface area (Å²) in [5, 5.41) is 2.99. The molecule has 1 N–H and O–H groups in total. The third kappa shape index (κ3) is 4.68. The Morgan fingerprint density at radius 3 is 2.48 bits per heavy atom. The van der Waals surface area contributed by atoms with Crippen LogP contribution in [0.15, 0.2) is 30.5 Å². The predicted octanol–water partition coefficient (Wildman–Crippen LogP) is 3.48. The van der Waals surface area contributed by atoms with Crippen molar-refractivity contribution in [3.63, 3.8) is 0 Å². The number of amides is 2. The van der Waals surface area contributed by atoms with Crippen LogP contribution in [0.25, 0.3) is 0 Å². The number of hydrogen-bond donors (Lipinski definition) is 1. The number of likely N-dealkylation sites (tertiary alicyclic amines) is 1. The van der Waals surface area contributed by atoms with Gasteiger partial charge in [-0.15, -0.1) is 0 Å². The number of nitrogens with one attached hydrogen (secondary N) is 1. The van der Waals surface area contributed by atoms with Crippen LogP contribution in [0, 0.1) is 20.8 Å². The highest BCUT2D eigenvalue weighted by Crippen LogP contribution is 2.19. The third-order valence-corrected chi connectivity index (χ3v) is 4.24. The Morgan fingerprint density at radius 2 is 1.84 bits per heavy atom. The number of carbonyl (C=O) groups is 1. The fourth-order valence-electron chi connectivity index (χ4n) is 3.10. The molecule has 0 saturated carbocycles. The number of rotatable bonds is 3. The molecule has 0 aliphatic carbocycles. The van der Waals surface area contributed by atoms with Gasteiger partial charge in [-0.3, -0.25) is 0 Å². The summed E-state index contributed by atoms with van der Waals surface area (Å²) in [6.07, 6.45) is 3.37. The zero-order valence-electron chi connectivity index (χ0n) is 15.0. The van der Waals surface area contributed by atoms with E-state index in [1.165, 1.54) is 0 Å². The molecule has 2 aromatic rings. The van der Waals surface area contributed by atoms with Gasteiger partial charge in [0.1, 0.15) is 11.9 Å². The monoisotopic (exact) mass is 340 g/mol. The van der Waals surface area contributed by atoms with Crippen LogP contribution in [-0.2, 0) is 0 Å². The molecular formula is C19H24N4O2. The minimum atomic E-state index is -0.0543. The first kappa shape index (κ1) is 17.2. The van der Waals surface area contributed by atoms with E-state index in [-0.39, 0.29) is 12.1 Å². The molecule has 2 heterocycles. The Hall–Kier alpha value is -2.63. The Balaban J connectivity index is 1.52. The first-order valence-corrected chi connectivity index (χ1v) is 8.60. The van der Waals surface area contributed by atoms with Crippen LogP contribution in [-0.4, -0.2) is 40.1 Å². The second kappa shape index (κ2) is 7.51. The number of anilines is 1. The molecule has 0 unspecified atom stereocenters. The standard InChI is InChI=1S/C19H24N4O2/c1-13-10-14(2)12-16(11-13)22-19(24)23-8-5-17(6-9-23)25-18-4-7-20-15(3)21-18/h4,7,10-12,17H,5-6,8-9H2,1-3H3,(H,22,24). The van der Waals surface area contributed by atoms with Gasteiger partial charge in [0.05, 0.1) is 0 Å². The molecule has 1 aliphatic heterocycles. The molecule has 1 aliphatic rings. The summed E-state index contributed by atoms with van der Waals surface area (Å²) in [6, 6.07) is 7.77. The highest BCUT2D eigenvalue weighted by atomic mass is 16.5. The predicted molar refractivity (Wildman–Crippen MR) is 96.9 cm³/mol. The largest absolute Gasteiger partial charge is 0.474 e. The summed E-state index contributed by atoms with van der Waals surface area (Å²) in [5.41, 5.74) is 3.13. The number of benzene rings is 1. The third-order valence-electron chi connectivity index (χ3n) is 4.24. The van der Waals surface area contributed by atoms with Gasteiger partial charge in [0.25, 0.3) is 0 Å². The van der Waals surface area contributed by atoms with Gasteiger partial charge in [-0.2, -0.15) is 4.98 Å². The van der Waals surface area contributed by atoms with E-state index in [4.69, 9.17) is 4.74 Å². The Kier molecular flexibility index (Phi) is 5.16. The minimum Gasteiger partial charge on any atom is -0.474 e. The lowest BCUT2D eigenvalue weighted by Gasteiger charge is -2.32. The van der Waals surface area contributed by atoms with Crippen LogP contribution < -0.4 is 10.1 Å². The van der Waals surface area contributed by atoms with E-state index in [2.05, 4.69) is 21.4 Å². The van der Waals surface area contributed by atoms with Crippen molar-refractivity contribution < 1.29 is 9.53 Å². The van der Waals surface area contributed by atoms with E-state index < -0.39 is 0 Å². The van der Waals surface area contributed by atoms with Gasteiger partial charge in [-0.25, -0.2) is 9.78 Å².